The van der Waals surface area contributed by atoms with Gasteiger partial charge in [0, 0.05) is 9.99 Å². The Morgan fingerprint density at radius 3 is 2.30 bits per heavy atom. The second-order valence-electron chi connectivity index (χ2n) is 6.66. The molecule has 2 aromatic carbocycles. The number of alkyl carbamates (subject to hydrolysis) is 1. The number of carbonyl (C=O) groups excluding carboxylic acids is 2. The maximum atomic E-state index is 12.6. The van der Waals surface area contributed by atoms with Gasteiger partial charge in [-0.1, -0.05) is 42.5 Å². The summed E-state index contributed by atoms with van der Waals surface area (Å²) in [5, 5.41) is 24.0. The van der Waals surface area contributed by atoms with Crippen LogP contribution in [0.15, 0.2) is 54.6 Å². The summed E-state index contributed by atoms with van der Waals surface area (Å²) >= 11 is 2.11. The molecular formula is C21H23IN2O6. The molecule has 8 nitrogen and oxygen atoms in total. The van der Waals surface area contributed by atoms with E-state index in [1.807, 2.05) is 18.2 Å². The third-order valence-electron chi connectivity index (χ3n) is 4.19. The van der Waals surface area contributed by atoms with Gasteiger partial charge in [-0.3, -0.25) is 4.79 Å². The average molecular weight is 526 g/mol. The van der Waals surface area contributed by atoms with Crippen LogP contribution in [0.3, 0.4) is 0 Å². The monoisotopic (exact) mass is 526 g/mol. The summed E-state index contributed by atoms with van der Waals surface area (Å²) in [4.78, 5) is 36.2. The van der Waals surface area contributed by atoms with E-state index in [1.165, 1.54) is 6.92 Å². The van der Waals surface area contributed by atoms with Gasteiger partial charge in [-0.25, -0.2) is 9.59 Å². The molecule has 160 valence electrons. The fraction of sp³-hybridized carbons (Fsp3) is 0.286. The van der Waals surface area contributed by atoms with Crippen molar-refractivity contribution in [3.63, 3.8) is 0 Å². The predicted molar refractivity (Wildman–Crippen MR) is 118 cm³/mol. The number of amides is 2. The molecule has 30 heavy (non-hydrogen) atoms. The molecule has 4 N–H and O–H groups in total. The lowest BCUT2D eigenvalue weighted by Crippen LogP contribution is -2.56. The molecule has 0 aromatic heterocycles. The Labute approximate surface area is 187 Å². The first kappa shape index (κ1) is 23.6. The Kier molecular flexibility index (Phi) is 9.06. The van der Waals surface area contributed by atoms with E-state index in [4.69, 9.17) is 4.74 Å². The van der Waals surface area contributed by atoms with Gasteiger partial charge < -0.3 is 25.6 Å². The van der Waals surface area contributed by atoms with E-state index in [9.17, 15) is 24.6 Å². The minimum Gasteiger partial charge on any atom is -0.480 e. The number of ether oxygens (including phenoxy) is 1. The van der Waals surface area contributed by atoms with E-state index in [0.717, 1.165) is 14.7 Å². The number of carboxylic acids is 1. The van der Waals surface area contributed by atoms with Crippen molar-refractivity contribution in [2.24, 2.45) is 0 Å². The van der Waals surface area contributed by atoms with Gasteiger partial charge in [0.25, 0.3) is 0 Å². The summed E-state index contributed by atoms with van der Waals surface area (Å²) in [6, 6.07) is 13.6. The minimum absolute atomic E-state index is 0.00871. The van der Waals surface area contributed by atoms with Crippen molar-refractivity contribution < 1.29 is 29.3 Å². The normalized spacial score (nSPS) is 13.6. The molecule has 0 radical (unpaired) electrons. The van der Waals surface area contributed by atoms with Crippen LogP contribution in [0.5, 0.6) is 0 Å². The van der Waals surface area contributed by atoms with Crippen molar-refractivity contribution in [3.8, 4) is 0 Å². The van der Waals surface area contributed by atoms with Gasteiger partial charge in [-0.2, -0.15) is 0 Å². The Hall–Kier alpha value is -2.66. The Bertz CT molecular complexity index is 875. The van der Waals surface area contributed by atoms with Crippen molar-refractivity contribution >= 4 is 40.6 Å². The number of aliphatic carboxylic acids is 1. The highest BCUT2D eigenvalue weighted by Crippen LogP contribution is 2.10. The predicted octanol–water partition coefficient (Wildman–Crippen LogP) is 2.08. The number of aliphatic hydroxyl groups is 1. The lowest BCUT2D eigenvalue weighted by molar-refractivity contribution is -0.142. The number of hydrogen-bond acceptors (Lipinski definition) is 5. The van der Waals surface area contributed by atoms with Crippen LogP contribution >= 0.6 is 22.6 Å². The molecule has 3 atom stereocenters. The van der Waals surface area contributed by atoms with Crippen LogP contribution in [-0.4, -0.2) is 46.4 Å². The van der Waals surface area contributed by atoms with Gasteiger partial charge in [-0.05, 0) is 52.8 Å². The first-order valence-corrected chi connectivity index (χ1v) is 10.3. The van der Waals surface area contributed by atoms with Crippen LogP contribution in [-0.2, 0) is 27.4 Å². The summed E-state index contributed by atoms with van der Waals surface area (Å²) in [5.74, 6) is -2.04. The second-order valence-corrected chi connectivity index (χ2v) is 7.90. The van der Waals surface area contributed by atoms with Crippen molar-refractivity contribution in [1.29, 1.82) is 0 Å². The fourth-order valence-electron chi connectivity index (χ4n) is 2.66. The molecule has 0 aliphatic carbocycles. The molecule has 0 fully saturated rings. The Morgan fingerprint density at radius 1 is 1.03 bits per heavy atom. The van der Waals surface area contributed by atoms with Crippen LogP contribution in [0.4, 0.5) is 4.79 Å². The zero-order valence-corrected chi connectivity index (χ0v) is 18.4. The maximum absolute atomic E-state index is 12.6. The van der Waals surface area contributed by atoms with E-state index < -0.39 is 36.2 Å². The first-order chi connectivity index (χ1) is 14.3. The summed E-state index contributed by atoms with van der Waals surface area (Å²) in [5.41, 5.74) is 1.49. The van der Waals surface area contributed by atoms with Crippen molar-refractivity contribution in [2.45, 2.75) is 38.1 Å². The molecule has 0 aliphatic heterocycles. The number of rotatable bonds is 9. The summed E-state index contributed by atoms with van der Waals surface area (Å²) in [6.07, 6.45) is -2.10. The number of carbonyl (C=O) groups is 3. The Morgan fingerprint density at radius 2 is 1.70 bits per heavy atom. The van der Waals surface area contributed by atoms with Gasteiger partial charge >= 0.3 is 12.1 Å². The standard InChI is InChI=1S/C21H23IN2O6/c1-13(25)18(24-21(29)30-12-14-6-3-2-4-7-14)19(26)23-17(20(27)28)11-15-8-5-9-16(22)10-15/h2-10,13,17-18,25H,11-12H2,1H3,(H,23,26)(H,24,29)(H,27,28)/t13-,17-,18+/m1/s1. The number of nitrogens with one attached hydrogen (secondary N) is 2. The zero-order chi connectivity index (χ0) is 22.1. The van der Waals surface area contributed by atoms with Gasteiger partial charge in [0.1, 0.15) is 18.7 Å². The summed E-state index contributed by atoms with van der Waals surface area (Å²) in [7, 11) is 0. The number of aliphatic hydroxyl groups excluding tert-OH is 1. The molecular weight excluding hydrogens is 503 g/mol. The number of halogens is 1. The molecule has 0 unspecified atom stereocenters. The topological polar surface area (TPSA) is 125 Å². The number of benzene rings is 2. The molecule has 0 saturated carbocycles. The highest BCUT2D eigenvalue weighted by molar-refractivity contribution is 14.1. The van der Waals surface area contributed by atoms with Gasteiger partial charge in [0.15, 0.2) is 0 Å². The van der Waals surface area contributed by atoms with Crippen LogP contribution in [0.2, 0.25) is 0 Å². The first-order valence-electron chi connectivity index (χ1n) is 9.19. The molecule has 0 bridgehead atoms. The average Bonchev–Trinajstić information content (AvgIpc) is 2.70. The molecule has 2 amide bonds. The lowest BCUT2D eigenvalue weighted by atomic mass is 10.0. The van der Waals surface area contributed by atoms with Crippen molar-refractivity contribution in [2.75, 3.05) is 0 Å². The van der Waals surface area contributed by atoms with E-state index in [0.29, 0.717) is 0 Å². The van der Waals surface area contributed by atoms with Gasteiger partial charge in [0.2, 0.25) is 5.91 Å². The maximum Gasteiger partial charge on any atom is 0.408 e. The van der Waals surface area contributed by atoms with Gasteiger partial charge in [-0.15, -0.1) is 0 Å². The van der Waals surface area contributed by atoms with Gasteiger partial charge in [0.05, 0.1) is 6.10 Å². The van der Waals surface area contributed by atoms with Crippen molar-refractivity contribution in [1.82, 2.24) is 10.6 Å². The van der Waals surface area contributed by atoms with E-state index in [2.05, 4.69) is 33.2 Å². The lowest BCUT2D eigenvalue weighted by Gasteiger charge is -2.23. The van der Waals surface area contributed by atoms with E-state index in [1.54, 1.807) is 36.4 Å². The summed E-state index contributed by atoms with van der Waals surface area (Å²) < 4.78 is 6.00. The molecule has 0 saturated heterocycles. The SMILES string of the molecule is C[C@@H](O)[C@H](NC(=O)OCc1ccccc1)C(=O)N[C@H](Cc1cccc(I)c1)C(=O)O. The second kappa shape index (κ2) is 11.5. The molecule has 2 aromatic rings. The smallest absolute Gasteiger partial charge is 0.408 e. The highest BCUT2D eigenvalue weighted by Gasteiger charge is 2.30. The van der Waals surface area contributed by atoms with E-state index in [-0.39, 0.29) is 13.0 Å². The van der Waals surface area contributed by atoms with E-state index >= 15 is 0 Å². The largest absolute Gasteiger partial charge is 0.480 e. The quantitative estimate of drug-likeness (QED) is 0.371. The molecule has 0 heterocycles. The number of hydrogen-bond donors (Lipinski definition) is 4. The molecule has 0 spiro atoms. The zero-order valence-electron chi connectivity index (χ0n) is 16.2. The molecule has 2 rings (SSSR count). The van der Waals surface area contributed by atoms with Crippen LogP contribution < -0.4 is 10.6 Å². The van der Waals surface area contributed by atoms with Crippen LogP contribution in [0, 0.1) is 3.57 Å². The van der Waals surface area contributed by atoms with Crippen LogP contribution in [0.1, 0.15) is 18.1 Å². The highest BCUT2D eigenvalue weighted by atomic mass is 127. The third kappa shape index (κ3) is 7.64. The fourth-order valence-corrected chi connectivity index (χ4v) is 3.27. The van der Waals surface area contributed by atoms with Crippen molar-refractivity contribution in [3.05, 3.63) is 69.3 Å². The third-order valence-corrected chi connectivity index (χ3v) is 4.87. The minimum atomic E-state index is -1.37. The van der Waals surface area contributed by atoms with Crippen LogP contribution in [0.25, 0.3) is 0 Å². The molecule has 0 aliphatic rings. The number of carboxylic acid groups (broad SMARTS) is 1. The summed E-state index contributed by atoms with van der Waals surface area (Å²) in [6.45, 7) is 1.31. The molecule has 9 heteroatoms. The Balaban J connectivity index is 1.98.